The van der Waals surface area contributed by atoms with Gasteiger partial charge in [0.2, 0.25) is 0 Å². The maximum Gasteiger partial charge on any atom is 0.258 e. The fourth-order valence-corrected chi connectivity index (χ4v) is 4.93. The molecule has 0 saturated heterocycles. The lowest BCUT2D eigenvalue weighted by Crippen LogP contribution is -2.42. The molecule has 152 valence electrons. The lowest BCUT2D eigenvalue weighted by molar-refractivity contribution is -0.124. The molecule has 29 heavy (non-hydrogen) atoms. The predicted octanol–water partition coefficient (Wildman–Crippen LogP) is 4.38. The van der Waals surface area contributed by atoms with Crippen LogP contribution >= 0.6 is 0 Å². The molecule has 2 aromatic rings. The molecule has 2 aliphatic rings. The second-order valence-corrected chi connectivity index (χ2v) is 8.34. The quantitative estimate of drug-likeness (QED) is 0.708. The molecule has 1 amide bonds. The van der Waals surface area contributed by atoms with E-state index in [2.05, 4.69) is 12.2 Å². The first-order valence-electron chi connectivity index (χ1n) is 10.3. The van der Waals surface area contributed by atoms with E-state index in [1.54, 1.807) is 24.3 Å². The van der Waals surface area contributed by atoms with Crippen LogP contribution in [-0.2, 0) is 4.79 Å². The smallest absolute Gasteiger partial charge is 0.258 e. The third-order valence-electron chi connectivity index (χ3n) is 6.42. The van der Waals surface area contributed by atoms with E-state index in [-0.39, 0.29) is 30.2 Å². The second-order valence-electron chi connectivity index (χ2n) is 8.34. The van der Waals surface area contributed by atoms with Crippen LogP contribution in [0.3, 0.4) is 0 Å². The van der Waals surface area contributed by atoms with Crippen molar-refractivity contribution < 1.29 is 18.7 Å². The average molecular weight is 395 g/mol. The van der Waals surface area contributed by atoms with E-state index in [0.717, 1.165) is 11.8 Å². The number of hydrogen-bond acceptors (Lipinski definition) is 3. The van der Waals surface area contributed by atoms with Crippen LogP contribution in [0, 0.1) is 23.6 Å². The summed E-state index contributed by atoms with van der Waals surface area (Å²) in [5.41, 5.74) is 0.910. The third-order valence-corrected chi connectivity index (χ3v) is 6.42. The number of ketones is 1. The summed E-state index contributed by atoms with van der Waals surface area (Å²) in [5, 5.41) is 3.08. The van der Waals surface area contributed by atoms with Crippen LogP contribution in [0.1, 0.15) is 48.5 Å². The summed E-state index contributed by atoms with van der Waals surface area (Å²) in [5.74, 6) is 2.07. The van der Waals surface area contributed by atoms with Crippen LogP contribution < -0.4 is 10.1 Å². The second kappa shape index (κ2) is 8.36. The number of halogens is 1. The number of carbonyl (C=O) groups excluding carboxylic acids is 2. The van der Waals surface area contributed by atoms with E-state index in [1.165, 1.54) is 49.9 Å². The third kappa shape index (κ3) is 4.50. The molecule has 2 aliphatic carbocycles. The van der Waals surface area contributed by atoms with Crippen LogP contribution in [0.2, 0.25) is 0 Å². The van der Waals surface area contributed by atoms with Gasteiger partial charge in [0.15, 0.2) is 12.4 Å². The van der Waals surface area contributed by atoms with Crippen LogP contribution in [0.5, 0.6) is 5.75 Å². The minimum absolute atomic E-state index is 0.0452. The van der Waals surface area contributed by atoms with Crippen molar-refractivity contribution in [1.29, 1.82) is 0 Å². The van der Waals surface area contributed by atoms with E-state index in [4.69, 9.17) is 4.74 Å². The number of carbonyl (C=O) groups is 2. The molecule has 2 fully saturated rings. The van der Waals surface area contributed by atoms with Crippen LogP contribution in [-0.4, -0.2) is 24.3 Å². The Labute approximate surface area is 170 Å². The molecular weight excluding hydrogens is 369 g/mol. The van der Waals surface area contributed by atoms with Crippen molar-refractivity contribution in [2.75, 3.05) is 6.61 Å². The largest absolute Gasteiger partial charge is 0.484 e. The number of fused-ring (bicyclic) bond motifs is 2. The lowest BCUT2D eigenvalue weighted by atomic mass is 9.84. The van der Waals surface area contributed by atoms with Gasteiger partial charge in [0, 0.05) is 17.2 Å². The number of ether oxygens (including phenoxy) is 1. The van der Waals surface area contributed by atoms with E-state index in [9.17, 15) is 14.0 Å². The summed E-state index contributed by atoms with van der Waals surface area (Å²) >= 11 is 0. The van der Waals surface area contributed by atoms with Gasteiger partial charge in [-0.05, 0) is 92.5 Å². The van der Waals surface area contributed by atoms with Crippen molar-refractivity contribution in [1.82, 2.24) is 5.32 Å². The SMILES string of the molecule is C[C@H](NC(=O)COc1ccc(C(=O)c2ccc(F)cc2)cc1)[C@H]1C[C@H]2CC[C@H]1C2. The summed E-state index contributed by atoms with van der Waals surface area (Å²) in [6.07, 6.45) is 5.21. The number of benzene rings is 2. The molecule has 2 aromatic carbocycles. The fourth-order valence-electron chi connectivity index (χ4n) is 4.93. The zero-order chi connectivity index (χ0) is 20.4. The van der Waals surface area contributed by atoms with Crippen LogP contribution in [0.4, 0.5) is 4.39 Å². The van der Waals surface area contributed by atoms with E-state index >= 15 is 0 Å². The Bertz CT molecular complexity index is 878. The predicted molar refractivity (Wildman–Crippen MR) is 108 cm³/mol. The Morgan fingerprint density at radius 3 is 2.28 bits per heavy atom. The first-order valence-corrected chi connectivity index (χ1v) is 10.3. The minimum Gasteiger partial charge on any atom is -0.484 e. The molecule has 0 unspecified atom stereocenters. The number of rotatable bonds is 7. The van der Waals surface area contributed by atoms with E-state index in [0.29, 0.717) is 22.8 Å². The Balaban J connectivity index is 1.27. The molecular formula is C24H26FNO3. The molecule has 4 rings (SSSR count). The highest BCUT2D eigenvalue weighted by atomic mass is 19.1. The molecule has 4 atom stereocenters. The summed E-state index contributed by atoms with van der Waals surface area (Å²) in [6.45, 7) is 2.05. The van der Waals surface area contributed by atoms with Crippen molar-refractivity contribution in [3.8, 4) is 5.75 Å². The summed E-state index contributed by atoms with van der Waals surface area (Å²) in [6, 6.07) is 12.3. The molecule has 2 saturated carbocycles. The van der Waals surface area contributed by atoms with Crippen molar-refractivity contribution in [2.45, 2.75) is 38.6 Å². The van der Waals surface area contributed by atoms with Gasteiger partial charge in [-0.3, -0.25) is 9.59 Å². The highest BCUT2D eigenvalue weighted by molar-refractivity contribution is 6.09. The monoisotopic (exact) mass is 395 g/mol. The van der Waals surface area contributed by atoms with Gasteiger partial charge >= 0.3 is 0 Å². The Morgan fingerprint density at radius 1 is 1.03 bits per heavy atom. The van der Waals surface area contributed by atoms with Crippen molar-refractivity contribution >= 4 is 11.7 Å². The topological polar surface area (TPSA) is 55.4 Å². The first-order chi connectivity index (χ1) is 14.0. The molecule has 1 N–H and O–H groups in total. The van der Waals surface area contributed by atoms with Gasteiger partial charge in [-0.1, -0.05) is 6.42 Å². The van der Waals surface area contributed by atoms with Crippen molar-refractivity contribution in [3.63, 3.8) is 0 Å². The van der Waals surface area contributed by atoms with Gasteiger partial charge in [-0.2, -0.15) is 0 Å². The molecule has 0 spiro atoms. The summed E-state index contributed by atoms with van der Waals surface area (Å²) in [7, 11) is 0. The number of amides is 1. The summed E-state index contributed by atoms with van der Waals surface area (Å²) in [4.78, 5) is 24.7. The fraction of sp³-hybridized carbons (Fsp3) is 0.417. The molecule has 0 heterocycles. The van der Waals surface area contributed by atoms with Gasteiger partial charge < -0.3 is 10.1 Å². The summed E-state index contributed by atoms with van der Waals surface area (Å²) < 4.78 is 18.6. The highest BCUT2D eigenvalue weighted by Gasteiger charge is 2.42. The van der Waals surface area contributed by atoms with Crippen LogP contribution in [0.15, 0.2) is 48.5 Å². The minimum atomic E-state index is -0.377. The van der Waals surface area contributed by atoms with E-state index < -0.39 is 0 Å². The number of hydrogen-bond donors (Lipinski definition) is 1. The Kier molecular flexibility index (Phi) is 5.65. The zero-order valence-corrected chi connectivity index (χ0v) is 16.6. The van der Waals surface area contributed by atoms with Gasteiger partial charge in [0.25, 0.3) is 5.91 Å². The Morgan fingerprint density at radius 2 is 1.69 bits per heavy atom. The van der Waals surface area contributed by atoms with Gasteiger partial charge in [0.05, 0.1) is 0 Å². The van der Waals surface area contributed by atoms with Crippen molar-refractivity contribution in [2.24, 2.45) is 17.8 Å². The van der Waals surface area contributed by atoms with Gasteiger partial charge in [-0.15, -0.1) is 0 Å². The highest BCUT2D eigenvalue weighted by Crippen LogP contribution is 2.49. The zero-order valence-electron chi connectivity index (χ0n) is 16.6. The molecule has 5 heteroatoms. The van der Waals surface area contributed by atoms with Crippen molar-refractivity contribution in [3.05, 3.63) is 65.5 Å². The molecule has 4 nitrogen and oxygen atoms in total. The molecule has 0 aliphatic heterocycles. The van der Waals surface area contributed by atoms with Crippen LogP contribution in [0.25, 0.3) is 0 Å². The normalized spacial score (nSPS) is 23.6. The maximum atomic E-state index is 13.0. The average Bonchev–Trinajstić information content (AvgIpc) is 3.36. The molecule has 0 radical (unpaired) electrons. The number of nitrogens with one attached hydrogen (secondary N) is 1. The Hall–Kier alpha value is -2.69. The maximum absolute atomic E-state index is 13.0. The van der Waals surface area contributed by atoms with E-state index in [1.807, 2.05) is 0 Å². The standard InChI is InChI=1S/C24H26FNO3/c1-15(22-13-16-2-3-19(22)12-16)26-23(27)14-29-21-10-6-18(7-11-21)24(28)17-4-8-20(25)9-5-17/h4-11,15-16,19,22H,2-3,12-14H2,1H3,(H,26,27)/t15-,16-,19-,22+/m0/s1. The molecule has 2 bridgehead atoms. The van der Waals surface area contributed by atoms with Gasteiger partial charge in [-0.25, -0.2) is 4.39 Å². The lowest BCUT2D eigenvalue weighted by Gasteiger charge is -2.28. The molecule has 0 aromatic heterocycles. The van der Waals surface area contributed by atoms with Gasteiger partial charge in [0.1, 0.15) is 11.6 Å². The first kappa shape index (κ1) is 19.6.